The molecular weight excluding hydrogens is 298 g/mol. The second kappa shape index (κ2) is 8.87. The van der Waals surface area contributed by atoms with Crippen LogP contribution in [0.25, 0.3) is 0 Å². The van der Waals surface area contributed by atoms with E-state index < -0.39 is 12.0 Å². The van der Waals surface area contributed by atoms with Gasteiger partial charge in [-0.25, -0.2) is 4.79 Å². The number of hydrogen-bond donors (Lipinski definition) is 2. The lowest BCUT2D eigenvalue weighted by Crippen LogP contribution is -2.41. The minimum absolute atomic E-state index is 0.236. The van der Waals surface area contributed by atoms with Crippen LogP contribution in [-0.2, 0) is 15.3 Å². The summed E-state index contributed by atoms with van der Waals surface area (Å²) in [5.74, 6) is -0.336. The molecular formula is C14H18ClNO3S. The lowest BCUT2D eigenvalue weighted by atomic mass is 10.2. The van der Waals surface area contributed by atoms with Gasteiger partial charge in [-0.15, -0.1) is 11.8 Å². The van der Waals surface area contributed by atoms with Gasteiger partial charge in [0.25, 0.3) is 0 Å². The quantitative estimate of drug-likeness (QED) is 0.774. The molecule has 0 fully saturated rings. The van der Waals surface area contributed by atoms with E-state index in [2.05, 4.69) is 5.32 Å². The summed E-state index contributed by atoms with van der Waals surface area (Å²) in [5.41, 5.74) is 1.04. The van der Waals surface area contributed by atoms with E-state index in [1.54, 1.807) is 6.07 Å². The van der Waals surface area contributed by atoms with Gasteiger partial charge in [0, 0.05) is 10.8 Å². The number of carbonyl (C=O) groups is 2. The molecule has 110 valence electrons. The van der Waals surface area contributed by atoms with E-state index in [9.17, 15) is 9.59 Å². The van der Waals surface area contributed by atoms with Gasteiger partial charge in [-0.2, -0.15) is 0 Å². The molecule has 1 aromatic rings. The molecule has 0 unspecified atom stereocenters. The number of benzene rings is 1. The summed E-state index contributed by atoms with van der Waals surface area (Å²) in [5, 5.41) is 12.1. The molecule has 1 amide bonds. The van der Waals surface area contributed by atoms with Gasteiger partial charge in [-0.05, 0) is 24.1 Å². The van der Waals surface area contributed by atoms with Crippen LogP contribution in [0.4, 0.5) is 0 Å². The molecule has 20 heavy (non-hydrogen) atoms. The molecule has 1 rings (SSSR count). The lowest BCUT2D eigenvalue weighted by molar-refractivity contribution is -0.141. The Balaban J connectivity index is 2.34. The lowest BCUT2D eigenvalue weighted by Gasteiger charge is -2.13. The highest BCUT2D eigenvalue weighted by Crippen LogP contribution is 2.16. The second-order valence-corrected chi connectivity index (χ2v) is 5.79. The molecule has 6 heteroatoms. The maximum absolute atomic E-state index is 11.7. The number of carboxylic acids is 1. The van der Waals surface area contributed by atoms with Crippen molar-refractivity contribution in [1.29, 1.82) is 0 Å². The molecule has 0 saturated carbocycles. The van der Waals surface area contributed by atoms with E-state index in [-0.39, 0.29) is 11.7 Å². The molecule has 0 bridgehead atoms. The topological polar surface area (TPSA) is 66.4 Å². The van der Waals surface area contributed by atoms with E-state index in [0.717, 1.165) is 5.56 Å². The molecule has 0 aliphatic carbocycles. The average Bonchev–Trinajstić information content (AvgIpc) is 2.38. The van der Waals surface area contributed by atoms with Crippen LogP contribution in [0.2, 0.25) is 5.02 Å². The molecule has 0 radical (unpaired) electrons. The third-order valence-corrected chi connectivity index (χ3v) is 3.84. The molecule has 0 aromatic heterocycles. The number of rotatable bonds is 8. The van der Waals surface area contributed by atoms with Crippen LogP contribution in [0, 0.1) is 0 Å². The zero-order valence-corrected chi connectivity index (χ0v) is 12.8. The van der Waals surface area contributed by atoms with Crippen LogP contribution in [0.3, 0.4) is 0 Å². The highest BCUT2D eigenvalue weighted by atomic mass is 35.5. The van der Waals surface area contributed by atoms with Crippen molar-refractivity contribution < 1.29 is 14.7 Å². The SMILES string of the molecule is CCC[C@H](NC(=O)CSCc1cccc(Cl)c1)C(=O)O. The van der Waals surface area contributed by atoms with Gasteiger partial charge in [0.15, 0.2) is 0 Å². The maximum Gasteiger partial charge on any atom is 0.326 e. The number of carbonyl (C=O) groups excluding carboxylic acids is 1. The maximum atomic E-state index is 11.7. The van der Waals surface area contributed by atoms with Gasteiger partial charge < -0.3 is 10.4 Å². The smallest absolute Gasteiger partial charge is 0.326 e. The number of aliphatic carboxylic acids is 1. The second-order valence-electron chi connectivity index (χ2n) is 4.37. The Hall–Kier alpha value is -1.20. The van der Waals surface area contributed by atoms with Crippen molar-refractivity contribution in [3.8, 4) is 0 Å². The predicted octanol–water partition coefficient (Wildman–Crippen LogP) is 2.94. The van der Waals surface area contributed by atoms with Gasteiger partial charge in [0.2, 0.25) is 5.91 Å². The first kappa shape index (κ1) is 16.9. The molecule has 0 aliphatic heterocycles. The van der Waals surface area contributed by atoms with Crippen LogP contribution in [0.1, 0.15) is 25.3 Å². The summed E-state index contributed by atoms with van der Waals surface area (Å²) in [4.78, 5) is 22.6. The van der Waals surface area contributed by atoms with E-state index in [4.69, 9.17) is 16.7 Å². The van der Waals surface area contributed by atoms with Gasteiger partial charge in [0.05, 0.1) is 5.75 Å². The van der Waals surface area contributed by atoms with Crippen molar-refractivity contribution in [2.24, 2.45) is 0 Å². The molecule has 0 spiro atoms. The van der Waals surface area contributed by atoms with E-state index in [1.807, 2.05) is 25.1 Å². The third-order valence-electron chi connectivity index (χ3n) is 2.60. The monoisotopic (exact) mass is 315 g/mol. The van der Waals surface area contributed by atoms with Crippen molar-refractivity contribution in [2.45, 2.75) is 31.6 Å². The zero-order chi connectivity index (χ0) is 15.0. The number of carboxylic acid groups (broad SMARTS) is 1. The third kappa shape index (κ3) is 6.30. The number of nitrogens with one attached hydrogen (secondary N) is 1. The number of hydrogen-bond acceptors (Lipinski definition) is 3. The number of amides is 1. The van der Waals surface area contributed by atoms with Crippen molar-refractivity contribution in [2.75, 3.05) is 5.75 Å². The predicted molar refractivity (Wildman–Crippen MR) is 82.1 cm³/mol. The Morgan fingerprint density at radius 3 is 2.80 bits per heavy atom. The molecule has 0 heterocycles. The Morgan fingerprint density at radius 1 is 1.45 bits per heavy atom. The normalized spacial score (nSPS) is 11.9. The summed E-state index contributed by atoms with van der Waals surface area (Å²) in [7, 11) is 0. The van der Waals surface area contributed by atoms with Gasteiger partial charge in [-0.3, -0.25) is 4.79 Å². The highest BCUT2D eigenvalue weighted by molar-refractivity contribution is 7.99. The van der Waals surface area contributed by atoms with E-state index in [1.165, 1.54) is 11.8 Å². The number of halogens is 1. The fourth-order valence-corrected chi connectivity index (χ4v) is 2.67. The Kier molecular flexibility index (Phi) is 7.47. The summed E-state index contributed by atoms with van der Waals surface area (Å²) >= 11 is 7.30. The van der Waals surface area contributed by atoms with Gasteiger partial charge in [0.1, 0.15) is 6.04 Å². The summed E-state index contributed by atoms with van der Waals surface area (Å²) in [6.45, 7) is 1.88. The average molecular weight is 316 g/mol. The van der Waals surface area contributed by atoms with Crippen LogP contribution < -0.4 is 5.32 Å². The Labute approximate surface area is 127 Å². The van der Waals surface area contributed by atoms with Crippen LogP contribution in [0.15, 0.2) is 24.3 Å². The fraction of sp³-hybridized carbons (Fsp3) is 0.429. The first-order valence-electron chi connectivity index (χ1n) is 6.37. The molecule has 0 saturated heterocycles. The Morgan fingerprint density at radius 2 is 2.20 bits per heavy atom. The molecule has 1 aromatic carbocycles. The van der Waals surface area contributed by atoms with Gasteiger partial charge in [-0.1, -0.05) is 37.1 Å². The minimum Gasteiger partial charge on any atom is -0.480 e. The molecule has 0 aliphatic rings. The summed E-state index contributed by atoms with van der Waals surface area (Å²) < 4.78 is 0. The van der Waals surface area contributed by atoms with Crippen LogP contribution in [-0.4, -0.2) is 28.8 Å². The first-order chi connectivity index (χ1) is 9.52. The number of thioether (sulfide) groups is 1. The van der Waals surface area contributed by atoms with E-state index >= 15 is 0 Å². The van der Waals surface area contributed by atoms with Crippen molar-refractivity contribution in [3.63, 3.8) is 0 Å². The summed E-state index contributed by atoms with van der Waals surface area (Å²) in [6, 6.07) is 6.65. The molecule has 1 atom stereocenters. The molecule has 4 nitrogen and oxygen atoms in total. The standard InChI is InChI=1S/C14H18ClNO3S/c1-2-4-12(14(18)19)16-13(17)9-20-8-10-5-3-6-11(15)7-10/h3,5-7,12H,2,4,8-9H2,1H3,(H,16,17)(H,18,19)/t12-/m0/s1. The van der Waals surface area contributed by atoms with Crippen molar-refractivity contribution in [1.82, 2.24) is 5.32 Å². The van der Waals surface area contributed by atoms with E-state index in [0.29, 0.717) is 23.6 Å². The van der Waals surface area contributed by atoms with Crippen LogP contribution in [0.5, 0.6) is 0 Å². The fourth-order valence-electron chi connectivity index (χ4n) is 1.67. The highest BCUT2D eigenvalue weighted by Gasteiger charge is 2.18. The van der Waals surface area contributed by atoms with Gasteiger partial charge >= 0.3 is 5.97 Å². The Bertz CT molecular complexity index is 467. The first-order valence-corrected chi connectivity index (χ1v) is 7.90. The van der Waals surface area contributed by atoms with Crippen LogP contribution >= 0.6 is 23.4 Å². The summed E-state index contributed by atoms with van der Waals surface area (Å²) in [6.07, 6.45) is 1.16. The largest absolute Gasteiger partial charge is 0.480 e. The van der Waals surface area contributed by atoms with Crippen molar-refractivity contribution in [3.05, 3.63) is 34.9 Å². The zero-order valence-electron chi connectivity index (χ0n) is 11.3. The molecule has 2 N–H and O–H groups in total. The minimum atomic E-state index is -0.986. The van der Waals surface area contributed by atoms with Crippen molar-refractivity contribution >= 4 is 35.2 Å².